The molecule has 0 bridgehead atoms. The van der Waals surface area contributed by atoms with Crippen molar-refractivity contribution in [2.24, 2.45) is 0 Å². The van der Waals surface area contributed by atoms with Crippen molar-refractivity contribution in [2.75, 3.05) is 6.54 Å². The fourth-order valence-electron chi connectivity index (χ4n) is 5.12. The number of carbonyl (C=O) groups excluding carboxylic acids is 2. The number of hydrogen-bond acceptors (Lipinski definition) is 3. The van der Waals surface area contributed by atoms with Crippen LogP contribution < -0.4 is 10.6 Å². The van der Waals surface area contributed by atoms with Crippen molar-refractivity contribution in [3.63, 3.8) is 0 Å². The van der Waals surface area contributed by atoms with Gasteiger partial charge in [-0.15, -0.1) is 0 Å². The summed E-state index contributed by atoms with van der Waals surface area (Å²) in [7, 11) is 0. The van der Waals surface area contributed by atoms with Gasteiger partial charge in [0.05, 0.1) is 24.2 Å². The van der Waals surface area contributed by atoms with Crippen LogP contribution in [0.4, 0.5) is 0 Å². The van der Waals surface area contributed by atoms with Gasteiger partial charge in [0.25, 0.3) is 5.91 Å². The van der Waals surface area contributed by atoms with Crippen molar-refractivity contribution in [3.05, 3.63) is 47.3 Å². The Morgan fingerprint density at radius 1 is 1.19 bits per heavy atom. The monoisotopic (exact) mass is 364 g/mol. The predicted octanol–water partition coefficient (Wildman–Crippen LogP) is 2.36. The summed E-state index contributed by atoms with van der Waals surface area (Å²) in [6.07, 6.45) is 6.23. The van der Waals surface area contributed by atoms with Crippen molar-refractivity contribution in [3.8, 4) is 0 Å². The standard InChI is InChI=1S/C21H24N4O2/c1-12(26)25-18-9-5-4-8-16(18)24-17-11-23-21(27)19(17)20(25)14-10-22-15-7-3-2-6-13(14)15/h2-3,6-7,10,16,18,20,22,24H,4-5,8-9,11H2,1H3,(H,23,27). The summed E-state index contributed by atoms with van der Waals surface area (Å²) >= 11 is 0. The molecule has 3 N–H and O–H groups in total. The lowest BCUT2D eigenvalue weighted by Crippen LogP contribution is -2.53. The number of rotatable bonds is 1. The zero-order valence-corrected chi connectivity index (χ0v) is 15.4. The first kappa shape index (κ1) is 16.4. The van der Waals surface area contributed by atoms with Crippen molar-refractivity contribution in [1.29, 1.82) is 0 Å². The van der Waals surface area contributed by atoms with Crippen LogP contribution in [0.3, 0.4) is 0 Å². The van der Waals surface area contributed by atoms with Crippen molar-refractivity contribution >= 4 is 22.7 Å². The molecule has 6 nitrogen and oxygen atoms in total. The second-order valence-electron chi connectivity index (χ2n) is 7.80. The van der Waals surface area contributed by atoms with Crippen LogP contribution in [0.2, 0.25) is 0 Å². The van der Waals surface area contributed by atoms with Crippen molar-refractivity contribution < 1.29 is 9.59 Å². The summed E-state index contributed by atoms with van der Waals surface area (Å²) in [5, 5.41) is 7.65. The zero-order chi connectivity index (χ0) is 18.5. The summed E-state index contributed by atoms with van der Waals surface area (Å²) < 4.78 is 0. The maximum Gasteiger partial charge on any atom is 0.251 e. The first-order valence-electron chi connectivity index (χ1n) is 9.78. The molecule has 2 amide bonds. The number of para-hydroxylation sites is 1. The maximum absolute atomic E-state index is 12.9. The van der Waals surface area contributed by atoms with Gasteiger partial charge >= 0.3 is 0 Å². The minimum absolute atomic E-state index is 0.0254. The van der Waals surface area contributed by atoms with Crippen LogP contribution in [-0.4, -0.2) is 40.3 Å². The highest BCUT2D eigenvalue weighted by Gasteiger charge is 2.45. The molecule has 27 heavy (non-hydrogen) atoms. The molecule has 1 fully saturated rings. The molecule has 0 radical (unpaired) electrons. The summed E-state index contributed by atoms with van der Waals surface area (Å²) in [5.41, 5.74) is 3.67. The minimum Gasteiger partial charge on any atom is -0.382 e. The lowest BCUT2D eigenvalue weighted by Gasteiger charge is -2.42. The van der Waals surface area contributed by atoms with Crippen LogP contribution in [0.1, 0.15) is 44.2 Å². The molecular weight excluding hydrogens is 340 g/mol. The molecule has 0 spiro atoms. The van der Waals surface area contributed by atoms with E-state index in [0.717, 1.165) is 47.8 Å². The highest BCUT2D eigenvalue weighted by atomic mass is 16.2. The molecule has 1 aromatic carbocycles. The highest BCUT2D eigenvalue weighted by molar-refractivity contribution is 6.00. The van der Waals surface area contributed by atoms with Crippen LogP contribution >= 0.6 is 0 Å². The second-order valence-corrected chi connectivity index (χ2v) is 7.80. The summed E-state index contributed by atoms with van der Waals surface area (Å²) in [5.74, 6) is -0.0462. The van der Waals surface area contributed by atoms with E-state index in [1.165, 1.54) is 0 Å². The SMILES string of the molecule is CC(=O)N1C(c2c[nH]c3ccccc23)C2=C(CNC2=O)NC2CCCCC21. The van der Waals surface area contributed by atoms with E-state index in [2.05, 4.69) is 21.7 Å². The first-order chi connectivity index (χ1) is 13.1. The van der Waals surface area contributed by atoms with Gasteiger partial charge in [-0.05, 0) is 18.9 Å². The van der Waals surface area contributed by atoms with Crippen LogP contribution in [0.15, 0.2) is 41.7 Å². The molecule has 3 aliphatic rings. The Hall–Kier alpha value is -2.76. The Morgan fingerprint density at radius 3 is 2.85 bits per heavy atom. The number of aromatic nitrogens is 1. The number of hydrogen-bond donors (Lipinski definition) is 3. The number of amides is 2. The van der Waals surface area contributed by atoms with E-state index in [9.17, 15) is 9.59 Å². The number of benzene rings is 1. The maximum atomic E-state index is 12.9. The topological polar surface area (TPSA) is 77.2 Å². The van der Waals surface area contributed by atoms with E-state index >= 15 is 0 Å². The summed E-state index contributed by atoms with van der Waals surface area (Å²) in [4.78, 5) is 31.0. The quantitative estimate of drug-likeness (QED) is 0.727. The van der Waals surface area contributed by atoms with Gasteiger partial charge in [0.1, 0.15) is 0 Å². The molecule has 1 saturated carbocycles. The zero-order valence-electron chi connectivity index (χ0n) is 15.4. The molecule has 2 aromatic rings. The largest absolute Gasteiger partial charge is 0.382 e. The average Bonchev–Trinajstić information content (AvgIpc) is 3.20. The second kappa shape index (κ2) is 6.15. The van der Waals surface area contributed by atoms with Gasteiger partial charge in [-0.3, -0.25) is 9.59 Å². The number of nitrogens with zero attached hydrogens (tertiary/aromatic N) is 1. The summed E-state index contributed by atoms with van der Waals surface area (Å²) in [6, 6.07) is 8.02. The Kier molecular flexibility index (Phi) is 3.74. The number of aromatic amines is 1. The fraction of sp³-hybridized carbons (Fsp3) is 0.429. The average molecular weight is 364 g/mol. The molecule has 5 rings (SSSR count). The van der Waals surface area contributed by atoms with E-state index in [-0.39, 0.29) is 29.9 Å². The van der Waals surface area contributed by atoms with E-state index in [0.29, 0.717) is 12.1 Å². The molecular formula is C21H24N4O2. The molecule has 2 aliphatic heterocycles. The van der Waals surface area contributed by atoms with Gasteiger partial charge in [0.2, 0.25) is 5.91 Å². The molecule has 3 unspecified atom stereocenters. The van der Waals surface area contributed by atoms with Gasteiger partial charge in [0.15, 0.2) is 0 Å². The lowest BCUT2D eigenvalue weighted by atomic mass is 9.87. The summed E-state index contributed by atoms with van der Waals surface area (Å²) in [6.45, 7) is 2.15. The van der Waals surface area contributed by atoms with Crippen molar-refractivity contribution in [1.82, 2.24) is 20.5 Å². The molecule has 3 heterocycles. The van der Waals surface area contributed by atoms with Gasteiger partial charge < -0.3 is 20.5 Å². The Bertz CT molecular complexity index is 960. The number of carbonyl (C=O) groups is 2. The van der Waals surface area contributed by atoms with Crippen molar-refractivity contribution in [2.45, 2.75) is 50.7 Å². The first-order valence-corrected chi connectivity index (χ1v) is 9.78. The Morgan fingerprint density at radius 2 is 2.00 bits per heavy atom. The van der Waals surface area contributed by atoms with Crippen LogP contribution in [0.5, 0.6) is 0 Å². The van der Waals surface area contributed by atoms with Crippen LogP contribution in [-0.2, 0) is 9.59 Å². The van der Waals surface area contributed by atoms with E-state index < -0.39 is 0 Å². The minimum atomic E-state index is -0.364. The van der Waals surface area contributed by atoms with Gasteiger partial charge in [0, 0.05) is 41.3 Å². The van der Waals surface area contributed by atoms with E-state index in [1.54, 1.807) is 6.92 Å². The van der Waals surface area contributed by atoms with E-state index in [4.69, 9.17) is 0 Å². The molecule has 1 aliphatic carbocycles. The van der Waals surface area contributed by atoms with E-state index in [1.807, 2.05) is 29.3 Å². The molecule has 3 atom stereocenters. The number of fused-ring (bicyclic) bond motifs is 2. The third kappa shape index (κ3) is 2.46. The predicted molar refractivity (Wildman–Crippen MR) is 103 cm³/mol. The molecule has 6 heteroatoms. The van der Waals surface area contributed by atoms with Crippen LogP contribution in [0.25, 0.3) is 10.9 Å². The smallest absolute Gasteiger partial charge is 0.251 e. The normalized spacial score (nSPS) is 27.7. The molecule has 140 valence electrons. The third-order valence-corrected chi connectivity index (χ3v) is 6.27. The number of H-pyrrole nitrogens is 1. The Labute approximate surface area is 158 Å². The Balaban J connectivity index is 1.74. The van der Waals surface area contributed by atoms with Gasteiger partial charge in [-0.1, -0.05) is 31.0 Å². The highest BCUT2D eigenvalue weighted by Crippen LogP contribution is 2.42. The molecule has 1 aromatic heterocycles. The third-order valence-electron chi connectivity index (χ3n) is 6.27. The molecule has 0 saturated heterocycles. The lowest BCUT2D eigenvalue weighted by molar-refractivity contribution is -0.134. The van der Waals surface area contributed by atoms with Gasteiger partial charge in [-0.2, -0.15) is 0 Å². The fourth-order valence-corrected chi connectivity index (χ4v) is 5.12. The van der Waals surface area contributed by atoms with Gasteiger partial charge in [-0.25, -0.2) is 0 Å². The van der Waals surface area contributed by atoms with Crippen LogP contribution in [0, 0.1) is 0 Å². The number of nitrogens with one attached hydrogen (secondary N) is 3.